The summed E-state index contributed by atoms with van der Waals surface area (Å²) >= 11 is 0. The van der Waals surface area contributed by atoms with Gasteiger partial charge in [0.15, 0.2) is 0 Å². The minimum absolute atomic E-state index is 0.0334. The lowest BCUT2D eigenvalue weighted by atomic mass is 10.3. The van der Waals surface area contributed by atoms with Crippen LogP contribution in [0.3, 0.4) is 0 Å². The molecule has 17 nitrogen and oxygen atoms in total. The van der Waals surface area contributed by atoms with Crippen LogP contribution in [0.1, 0.15) is 88.5 Å². The lowest BCUT2D eigenvalue weighted by Gasteiger charge is -2.12. The van der Waals surface area contributed by atoms with Crippen molar-refractivity contribution in [1.29, 1.82) is 0 Å². The van der Waals surface area contributed by atoms with Crippen LogP contribution in [-0.4, -0.2) is 138 Å². The topological polar surface area (TPSA) is 218 Å². The quantitative estimate of drug-likeness (QED) is 0.0186. The molecule has 2 N–H and O–H groups in total. The Balaban J connectivity index is -0.0000000705. The van der Waals surface area contributed by atoms with E-state index in [2.05, 4.69) is 116 Å². The van der Waals surface area contributed by atoms with Crippen LogP contribution in [-0.2, 0) is 71.3 Å². The number of methoxy groups -OCH3 is 2. The summed E-state index contributed by atoms with van der Waals surface area (Å²) in [5, 5.41) is 17.3. The first-order valence-electron chi connectivity index (χ1n) is 23.7. The molecule has 0 saturated carbocycles. The smallest absolute Gasteiger partial charge is 0.333 e. The second-order valence-electron chi connectivity index (χ2n) is 13.7. The Morgan fingerprint density at radius 1 is 0.500 bits per heavy atom. The molecule has 0 heterocycles. The summed E-state index contributed by atoms with van der Waals surface area (Å²) in [6.45, 7) is 64.8. The number of carbonyl (C=O) groups excluding carboxylic acids is 5. The lowest BCUT2D eigenvalue weighted by molar-refractivity contribution is -0.156. The van der Waals surface area contributed by atoms with Gasteiger partial charge < -0.3 is 57.6 Å². The Morgan fingerprint density at radius 2 is 0.908 bits per heavy atom. The fraction of sp³-hybridized carbons (Fsp3) is 0.475. The van der Waals surface area contributed by atoms with E-state index in [-0.39, 0.29) is 62.1 Å². The van der Waals surface area contributed by atoms with Crippen molar-refractivity contribution >= 4 is 29.8 Å². The summed E-state index contributed by atoms with van der Waals surface area (Å²) in [7, 11) is 3.20. The Kier molecular flexibility index (Phi) is 118. The number of aliphatic hydroxyl groups excluding tert-OH is 2. The van der Waals surface area contributed by atoms with Gasteiger partial charge in [-0.1, -0.05) is 94.0 Å². The maximum atomic E-state index is 11.0. The van der Waals surface area contributed by atoms with Crippen molar-refractivity contribution in [2.24, 2.45) is 0 Å². The van der Waals surface area contributed by atoms with Crippen LogP contribution in [0.25, 0.3) is 0 Å². The second kappa shape index (κ2) is 94.4. The monoisotopic (exact) mass is 1080 g/mol. The van der Waals surface area contributed by atoms with Crippen LogP contribution >= 0.6 is 0 Å². The van der Waals surface area contributed by atoms with Gasteiger partial charge in [0.1, 0.15) is 25.9 Å². The van der Waals surface area contributed by atoms with E-state index in [9.17, 15) is 24.0 Å². The number of hydrogen-bond acceptors (Lipinski definition) is 17. The van der Waals surface area contributed by atoms with Crippen LogP contribution in [0.2, 0.25) is 0 Å². The van der Waals surface area contributed by atoms with Crippen molar-refractivity contribution in [3.8, 4) is 0 Å². The maximum absolute atomic E-state index is 11.0. The fourth-order valence-corrected chi connectivity index (χ4v) is 2.46. The number of ether oxygens (including phenoxy) is 10. The molecule has 0 bridgehead atoms. The predicted octanol–water partition coefficient (Wildman–Crippen LogP) is 11.4. The molecule has 0 aliphatic heterocycles. The molecule has 0 aromatic carbocycles. The van der Waals surface area contributed by atoms with Crippen LogP contribution < -0.4 is 0 Å². The van der Waals surface area contributed by atoms with E-state index in [1.807, 2.05) is 26.8 Å². The Bertz CT molecular complexity index is 1420. The average Bonchev–Trinajstić information content (AvgIpc) is 3.36. The first kappa shape index (κ1) is 95.3. The largest absolute Gasteiger partial charge is 0.505 e. The second-order valence-corrected chi connectivity index (χ2v) is 13.7. The van der Waals surface area contributed by atoms with Crippen LogP contribution in [0.4, 0.5) is 0 Å². The molecule has 17 heteroatoms. The molecule has 0 rings (SSSR count). The van der Waals surface area contributed by atoms with Crippen molar-refractivity contribution < 1.29 is 81.6 Å². The van der Waals surface area contributed by atoms with E-state index >= 15 is 0 Å². The summed E-state index contributed by atoms with van der Waals surface area (Å²) < 4.78 is 47.1. The van der Waals surface area contributed by atoms with Gasteiger partial charge in [-0.15, -0.1) is 59.2 Å². The van der Waals surface area contributed by atoms with Gasteiger partial charge in [0.05, 0.1) is 90.4 Å². The standard InChI is InChI=1S/C11H16O4.C9H16O2.C7H12O3.C6H12O2.C5H8O2.C4H6O2.C4H8O.C4H8.C3H6O.2C3H6/c1-4-6-10(12)14-8-9(3)15-11(13)7-5-2;1-4-6-10-8-9(3)11-7-5-2;1-5(2)7(9)10-4-6(3)8;1-3-4-8-5-6(2)7;1-3-4-7-5(2)6;1-3-6-4(2)5;1-3-4-5-2;2*1-3-4-2;2*1-3-2/h4-5,9H,1-2,6-8H2,3H3;4-5,9H,1-2,6-8H2,3H3;6,8H,1,4H2,2-3H3;3,6-7H,1,4-5H2,2H3;3H,1,4H2,2H3;3H,1H2,2H3;3H,1,4H2,2H3;3H,1,4H2,2H3;3H,1H2,2H3;2*3H,1H2,2H3. The van der Waals surface area contributed by atoms with Gasteiger partial charge in [0, 0.05) is 26.5 Å². The molecule has 0 aliphatic carbocycles. The minimum Gasteiger partial charge on any atom is -0.505 e. The number of rotatable bonds is 28. The zero-order valence-electron chi connectivity index (χ0n) is 48.9. The number of aliphatic hydroxyl groups is 2. The van der Waals surface area contributed by atoms with Crippen LogP contribution in [0, 0.1) is 0 Å². The Labute approximate surface area is 461 Å². The molecule has 0 aromatic rings. The summed E-state index contributed by atoms with van der Waals surface area (Å²) in [5.41, 5.74) is 0.348. The van der Waals surface area contributed by atoms with E-state index in [0.717, 1.165) is 12.7 Å². The first-order chi connectivity index (χ1) is 35.8. The highest BCUT2D eigenvalue weighted by Crippen LogP contribution is 1.98. The molecule has 4 atom stereocenters. The molecule has 442 valence electrons. The molecule has 0 radical (unpaired) electrons. The Morgan fingerprint density at radius 3 is 1.17 bits per heavy atom. The number of allylic oxidation sites excluding steroid dienone is 3. The highest BCUT2D eigenvalue weighted by molar-refractivity contribution is 5.86. The third kappa shape index (κ3) is 165. The van der Waals surface area contributed by atoms with Gasteiger partial charge in [-0.25, -0.2) is 4.79 Å². The SMILES string of the molecule is C=C(C)C(=O)OCC(C)O.C=CC.C=CC.C=CCC.C=CCC(=O)OCC(C)OC(=O)CC=C.C=CCOC.C=CCOC(C)=O.C=CCOCC(C)O.C=CCOCC(C)OCC=C.C=COC.C=COC(C)=O. The van der Waals surface area contributed by atoms with E-state index in [0.29, 0.717) is 51.8 Å². The van der Waals surface area contributed by atoms with E-state index in [1.54, 1.807) is 78.4 Å². The zero-order valence-corrected chi connectivity index (χ0v) is 48.9. The van der Waals surface area contributed by atoms with Crippen molar-refractivity contribution in [3.63, 3.8) is 0 Å². The van der Waals surface area contributed by atoms with Crippen molar-refractivity contribution in [1.82, 2.24) is 0 Å². The number of hydrogen-bond donors (Lipinski definition) is 2. The number of esters is 5. The molecule has 0 saturated heterocycles. The molecule has 4 unspecified atom stereocenters. The fourth-order valence-electron chi connectivity index (χ4n) is 2.46. The predicted molar refractivity (Wildman–Crippen MR) is 313 cm³/mol. The molecular formula is C59H104O17. The van der Waals surface area contributed by atoms with E-state index < -0.39 is 18.2 Å². The van der Waals surface area contributed by atoms with Crippen molar-refractivity contribution in [3.05, 3.63) is 164 Å². The maximum Gasteiger partial charge on any atom is 0.333 e. The van der Waals surface area contributed by atoms with Crippen LogP contribution in [0.15, 0.2) is 164 Å². The van der Waals surface area contributed by atoms with Crippen molar-refractivity contribution in [2.45, 2.75) is 113 Å². The molecule has 76 heavy (non-hydrogen) atoms. The molecule has 0 amide bonds. The third-order valence-corrected chi connectivity index (χ3v) is 5.31. The first-order valence-corrected chi connectivity index (χ1v) is 23.7. The van der Waals surface area contributed by atoms with Gasteiger partial charge in [-0.05, 0) is 54.9 Å². The van der Waals surface area contributed by atoms with Crippen molar-refractivity contribution in [2.75, 3.05) is 73.7 Å². The van der Waals surface area contributed by atoms with Gasteiger partial charge in [0.2, 0.25) is 0 Å². The van der Waals surface area contributed by atoms with Crippen LogP contribution in [0.5, 0.6) is 0 Å². The van der Waals surface area contributed by atoms with E-state index in [1.165, 1.54) is 38.3 Å². The zero-order chi connectivity index (χ0) is 61.8. The third-order valence-electron chi connectivity index (χ3n) is 5.31. The summed E-state index contributed by atoms with van der Waals surface area (Å²) in [5.74, 6) is -1.81. The molecule has 0 aromatic heterocycles. The van der Waals surface area contributed by atoms with Gasteiger partial charge in [0.25, 0.3) is 0 Å². The molecule has 0 aliphatic rings. The molecule has 0 spiro atoms. The molecule has 0 fully saturated rings. The summed E-state index contributed by atoms with van der Waals surface area (Å²) in [6.07, 6.45) is 19.2. The highest BCUT2D eigenvalue weighted by Gasteiger charge is 2.10. The molecular weight excluding hydrogens is 981 g/mol. The van der Waals surface area contributed by atoms with E-state index in [4.69, 9.17) is 33.9 Å². The van der Waals surface area contributed by atoms with Gasteiger partial charge in [-0.2, -0.15) is 0 Å². The highest BCUT2D eigenvalue weighted by atomic mass is 16.6. The minimum atomic E-state index is -0.608. The lowest BCUT2D eigenvalue weighted by Crippen LogP contribution is -2.21. The van der Waals surface area contributed by atoms with Gasteiger partial charge in [-0.3, -0.25) is 19.2 Å². The summed E-state index contributed by atoms with van der Waals surface area (Å²) in [6, 6.07) is 0. The normalized spacial score (nSPS) is 9.71. The summed E-state index contributed by atoms with van der Waals surface area (Å²) in [4.78, 5) is 52.2. The Hall–Kier alpha value is -6.47. The van der Waals surface area contributed by atoms with Gasteiger partial charge >= 0.3 is 29.8 Å². The number of carbonyl (C=O) groups is 5. The average molecular weight is 1090 g/mol.